The monoisotopic (exact) mass is 672 g/mol. The normalized spacial score (nSPS) is 15.5. The van der Waals surface area contributed by atoms with Gasteiger partial charge in [0.05, 0.1) is 27.1 Å². The number of hydrogen-bond donors (Lipinski definition) is 0. The Hall–Kier alpha value is -5.17. The van der Waals surface area contributed by atoms with Crippen molar-refractivity contribution in [3.63, 3.8) is 0 Å². The smallest absolute Gasteiger partial charge is 0.342 e. The minimum Gasteiger partial charge on any atom is -0.342 e. The van der Waals surface area contributed by atoms with Crippen molar-refractivity contribution in [1.29, 1.82) is 0 Å². The minimum atomic E-state index is -5.13. The predicted molar refractivity (Wildman–Crippen MR) is 163 cm³/mol. The number of nitrogens with zero attached hydrogens (tertiary/aromatic N) is 6. The maximum atomic E-state index is 16.0. The van der Waals surface area contributed by atoms with Crippen molar-refractivity contribution in [2.75, 3.05) is 37.3 Å². The zero-order chi connectivity index (χ0) is 34.4. The number of hydrogen-bond acceptors (Lipinski definition) is 7. The highest BCUT2D eigenvalue weighted by Crippen LogP contribution is 2.40. The van der Waals surface area contributed by atoms with E-state index in [-0.39, 0.29) is 53.5 Å². The average Bonchev–Trinajstić information content (AvgIpc) is 3.00. The van der Waals surface area contributed by atoms with E-state index in [9.17, 15) is 31.2 Å². The van der Waals surface area contributed by atoms with Gasteiger partial charge in [-0.15, -0.1) is 0 Å². The van der Waals surface area contributed by atoms with Gasteiger partial charge in [-0.2, -0.15) is 18.2 Å². The van der Waals surface area contributed by atoms with E-state index in [2.05, 4.69) is 21.4 Å². The largest absolute Gasteiger partial charge is 0.417 e. The number of carbonyl (C=O) groups excluding carboxylic acids is 1. The van der Waals surface area contributed by atoms with Crippen LogP contribution in [0, 0.1) is 25.1 Å². The van der Waals surface area contributed by atoms with Crippen LogP contribution in [0.25, 0.3) is 32.8 Å². The molecule has 4 aromatic rings. The standard InChI is InChI=1S/C31H25F5N6O4S/c1-5-24(43)40-12-13-41(18(16-40)15-37-3)28-19-14-22(33)26(25-20(31(34,35)36)9-7-10-21(25)32)38-29(19)42(30(44)39-28)27-17(2)8-6-11-23(27)47(4,45)46/h5-11,14,18H,1,12-13,15-16H2,2,4H3/t18-/m0/s1. The molecule has 1 saturated heterocycles. The third-order valence-electron chi connectivity index (χ3n) is 7.72. The molecule has 3 heterocycles. The zero-order valence-corrected chi connectivity index (χ0v) is 25.7. The number of para-hydroxylation sites is 1. The summed E-state index contributed by atoms with van der Waals surface area (Å²) in [4.78, 5) is 40.5. The van der Waals surface area contributed by atoms with Gasteiger partial charge in [0.25, 0.3) is 0 Å². The predicted octanol–water partition coefficient (Wildman–Crippen LogP) is 4.58. The quantitative estimate of drug-likeness (QED) is 0.168. The fraction of sp³-hybridized carbons (Fsp3) is 0.258. The van der Waals surface area contributed by atoms with E-state index in [0.29, 0.717) is 12.1 Å². The van der Waals surface area contributed by atoms with Gasteiger partial charge in [0.1, 0.15) is 23.4 Å². The van der Waals surface area contributed by atoms with Gasteiger partial charge in [-0.05, 0) is 42.8 Å². The minimum absolute atomic E-state index is 0.000814. The van der Waals surface area contributed by atoms with Crippen LogP contribution < -0.4 is 10.6 Å². The van der Waals surface area contributed by atoms with Gasteiger partial charge >= 0.3 is 11.9 Å². The summed E-state index contributed by atoms with van der Waals surface area (Å²) < 4.78 is 99.6. The molecule has 47 heavy (non-hydrogen) atoms. The Morgan fingerprint density at radius 2 is 1.83 bits per heavy atom. The number of halogens is 5. The van der Waals surface area contributed by atoms with E-state index in [1.54, 1.807) is 0 Å². The first-order valence-electron chi connectivity index (χ1n) is 13.9. The number of pyridine rings is 1. The van der Waals surface area contributed by atoms with E-state index in [1.807, 2.05) is 0 Å². The molecule has 0 spiro atoms. The lowest BCUT2D eigenvalue weighted by Crippen LogP contribution is -2.56. The van der Waals surface area contributed by atoms with Crippen LogP contribution in [0.4, 0.5) is 27.8 Å². The maximum absolute atomic E-state index is 16.0. The highest BCUT2D eigenvalue weighted by molar-refractivity contribution is 7.90. The van der Waals surface area contributed by atoms with Crippen LogP contribution in [0.15, 0.2) is 64.8 Å². The molecule has 5 rings (SSSR count). The van der Waals surface area contributed by atoms with E-state index in [1.165, 1.54) is 34.9 Å². The Bertz CT molecular complexity index is 2160. The second kappa shape index (κ2) is 12.2. The summed E-state index contributed by atoms with van der Waals surface area (Å²) in [5.74, 6) is -3.46. The summed E-state index contributed by atoms with van der Waals surface area (Å²) in [6.45, 7) is 12.3. The molecule has 0 saturated carbocycles. The number of piperazine rings is 1. The van der Waals surface area contributed by atoms with Crippen molar-refractivity contribution in [2.24, 2.45) is 0 Å². The number of rotatable bonds is 6. The van der Waals surface area contributed by atoms with Gasteiger partial charge in [0, 0.05) is 25.9 Å². The fourth-order valence-electron chi connectivity index (χ4n) is 5.65. The summed E-state index contributed by atoms with van der Waals surface area (Å²) in [5.41, 5.74) is -5.49. The number of aromatic nitrogens is 3. The topological polar surface area (TPSA) is 110 Å². The Labute approximate surface area is 265 Å². The van der Waals surface area contributed by atoms with Crippen LogP contribution in [0.3, 0.4) is 0 Å². The van der Waals surface area contributed by atoms with Crippen molar-refractivity contribution >= 4 is 32.6 Å². The Morgan fingerprint density at radius 3 is 2.47 bits per heavy atom. The number of anilines is 1. The second-order valence-electron chi connectivity index (χ2n) is 10.8. The van der Waals surface area contributed by atoms with Crippen LogP contribution >= 0.6 is 0 Å². The number of fused-ring (bicyclic) bond motifs is 1. The van der Waals surface area contributed by atoms with Crippen LogP contribution in [0.1, 0.15) is 11.1 Å². The van der Waals surface area contributed by atoms with Gasteiger partial charge in [-0.1, -0.05) is 24.8 Å². The van der Waals surface area contributed by atoms with Crippen LogP contribution in [-0.2, 0) is 20.8 Å². The molecular weight excluding hydrogens is 647 g/mol. The van der Waals surface area contributed by atoms with Crippen LogP contribution in [-0.4, -0.2) is 72.2 Å². The highest BCUT2D eigenvalue weighted by Gasteiger charge is 2.38. The van der Waals surface area contributed by atoms with Crippen LogP contribution in [0.2, 0.25) is 0 Å². The number of sulfone groups is 1. The molecule has 1 amide bonds. The summed E-state index contributed by atoms with van der Waals surface area (Å²) in [7, 11) is -4.04. The number of alkyl halides is 3. The SMILES string of the molecule is [C-]#[N+]C[C@H]1CN(C(=O)C=C)CCN1c1nc(=O)n(-c2c(C)cccc2S(C)(=O)=O)c2nc(-c3c(F)cccc3C(F)(F)F)c(F)cc12. The number of carbonyl (C=O) groups is 1. The molecule has 0 N–H and O–H groups in total. The molecular formula is C31H25F5N6O4S. The van der Waals surface area contributed by atoms with E-state index in [0.717, 1.165) is 29.0 Å². The molecule has 2 aromatic carbocycles. The average molecular weight is 673 g/mol. The molecule has 1 atom stereocenters. The Morgan fingerprint density at radius 1 is 1.13 bits per heavy atom. The highest BCUT2D eigenvalue weighted by atomic mass is 32.2. The molecule has 16 heteroatoms. The lowest BCUT2D eigenvalue weighted by molar-refractivity contribution is -0.137. The van der Waals surface area contributed by atoms with Crippen molar-refractivity contribution in [3.8, 4) is 16.9 Å². The molecule has 1 fully saturated rings. The van der Waals surface area contributed by atoms with E-state index >= 15 is 8.78 Å². The first kappa shape index (κ1) is 33.2. The molecule has 0 unspecified atom stereocenters. The summed E-state index contributed by atoms with van der Waals surface area (Å²) >= 11 is 0. The molecule has 0 radical (unpaired) electrons. The Balaban J connectivity index is 1.91. The zero-order valence-electron chi connectivity index (χ0n) is 24.8. The maximum Gasteiger partial charge on any atom is 0.417 e. The summed E-state index contributed by atoms with van der Waals surface area (Å²) in [5, 5.41) is -0.239. The lowest BCUT2D eigenvalue weighted by Gasteiger charge is -2.40. The van der Waals surface area contributed by atoms with Crippen molar-refractivity contribution in [3.05, 3.63) is 99.8 Å². The third kappa shape index (κ3) is 6.06. The molecule has 0 aliphatic carbocycles. The van der Waals surface area contributed by atoms with Gasteiger partial charge in [0.15, 0.2) is 21.3 Å². The van der Waals surface area contributed by atoms with Crippen molar-refractivity contribution in [1.82, 2.24) is 19.4 Å². The number of aryl methyl sites for hydroxylation is 1. The second-order valence-corrected chi connectivity index (χ2v) is 12.8. The molecule has 0 bridgehead atoms. The summed E-state index contributed by atoms with van der Waals surface area (Å²) in [6.07, 6.45) is -3.15. The van der Waals surface area contributed by atoms with Crippen LogP contribution in [0.5, 0.6) is 0 Å². The van der Waals surface area contributed by atoms with Gasteiger partial charge < -0.3 is 14.6 Å². The fourth-order valence-corrected chi connectivity index (χ4v) is 6.57. The van der Waals surface area contributed by atoms with Crippen molar-refractivity contribution in [2.45, 2.75) is 24.0 Å². The number of benzene rings is 2. The van der Waals surface area contributed by atoms with Gasteiger partial charge in [0.2, 0.25) is 12.5 Å². The lowest BCUT2D eigenvalue weighted by atomic mass is 10.0. The van der Waals surface area contributed by atoms with E-state index in [4.69, 9.17) is 6.57 Å². The first-order chi connectivity index (χ1) is 22.1. The van der Waals surface area contributed by atoms with Gasteiger partial charge in [-0.3, -0.25) is 4.79 Å². The van der Waals surface area contributed by atoms with Gasteiger partial charge in [-0.25, -0.2) is 38.1 Å². The molecule has 244 valence electrons. The summed E-state index contributed by atoms with van der Waals surface area (Å²) in [6, 6.07) is 6.12. The molecule has 2 aromatic heterocycles. The molecule has 1 aliphatic rings. The van der Waals surface area contributed by atoms with Crippen molar-refractivity contribution < 1.29 is 35.2 Å². The third-order valence-corrected chi connectivity index (χ3v) is 8.85. The Kier molecular flexibility index (Phi) is 8.63. The van der Waals surface area contributed by atoms with E-state index < -0.39 is 67.8 Å². The molecule has 10 nitrogen and oxygen atoms in total. The first-order valence-corrected chi connectivity index (χ1v) is 15.8. The molecule has 1 aliphatic heterocycles. The number of amides is 1.